The molecule has 1 aliphatic heterocycles. The molecule has 0 radical (unpaired) electrons. The van der Waals surface area contributed by atoms with Crippen molar-refractivity contribution in [2.24, 2.45) is 0 Å². The minimum absolute atomic E-state index is 0.0268. The SMILES string of the molecule is Cc1ccc(-c2ccc(/C=C3\SC(=O)N(Cc4ccc(F)cc4Cl)C3=O)o2)cc1[N+](=O)[O-]. The van der Waals surface area contributed by atoms with Crippen molar-refractivity contribution in [3.05, 3.63) is 91.3 Å². The minimum atomic E-state index is -0.524. The van der Waals surface area contributed by atoms with Crippen LogP contribution in [0, 0.1) is 22.9 Å². The number of nitro groups is 1. The summed E-state index contributed by atoms with van der Waals surface area (Å²) in [6.45, 7) is 1.56. The van der Waals surface area contributed by atoms with Crippen LogP contribution in [-0.4, -0.2) is 21.0 Å². The molecule has 2 aromatic carbocycles. The molecule has 10 heteroatoms. The van der Waals surface area contributed by atoms with Crippen LogP contribution in [-0.2, 0) is 11.3 Å². The monoisotopic (exact) mass is 472 g/mol. The maximum atomic E-state index is 13.2. The fourth-order valence-electron chi connectivity index (χ4n) is 3.13. The number of hydrogen-bond acceptors (Lipinski definition) is 6. The normalized spacial score (nSPS) is 15.1. The molecular weight excluding hydrogens is 459 g/mol. The highest BCUT2D eigenvalue weighted by Crippen LogP contribution is 2.35. The van der Waals surface area contributed by atoms with Gasteiger partial charge in [0.2, 0.25) is 0 Å². The van der Waals surface area contributed by atoms with E-state index in [1.807, 2.05) is 0 Å². The number of carbonyl (C=O) groups excluding carboxylic acids is 2. The van der Waals surface area contributed by atoms with Gasteiger partial charge in [-0.25, -0.2) is 4.39 Å². The summed E-state index contributed by atoms with van der Waals surface area (Å²) in [5.74, 6) is -0.338. The lowest BCUT2D eigenvalue weighted by atomic mass is 10.1. The van der Waals surface area contributed by atoms with Gasteiger partial charge in [-0.3, -0.25) is 24.6 Å². The fraction of sp³-hybridized carbons (Fsp3) is 0.0909. The Morgan fingerprint density at radius 2 is 1.97 bits per heavy atom. The van der Waals surface area contributed by atoms with Crippen LogP contribution in [0.3, 0.4) is 0 Å². The molecule has 7 nitrogen and oxygen atoms in total. The third-order valence-corrected chi connectivity index (χ3v) is 6.07. The van der Waals surface area contributed by atoms with Crippen molar-refractivity contribution in [3.8, 4) is 11.3 Å². The molecule has 0 bridgehead atoms. The maximum absolute atomic E-state index is 13.2. The van der Waals surface area contributed by atoms with Gasteiger partial charge in [0.15, 0.2) is 0 Å². The zero-order chi connectivity index (χ0) is 23.0. The third kappa shape index (κ3) is 4.30. The molecule has 0 saturated carbocycles. The van der Waals surface area contributed by atoms with Gasteiger partial charge in [-0.15, -0.1) is 0 Å². The predicted octanol–water partition coefficient (Wildman–Crippen LogP) is 6.19. The highest BCUT2D eigenvalue weighted by atomic mass is 35.5. The van der Waals surface area contributed by atoms with Crippen LogP contribution in [0.4, 0.5) is 14.9 Å². The number of carbonyl (C=O) groups is 2. The van der Waals surface area contributed by atoms with E-state index in [0.29, 0.717) is 28.2 Å². The van der Waals surface area contributed by atoms with E-state index in [1.165, 1.54) is 24.3 Å². The van der Waals surface area contributed by atoms with Crippen molar-refractivity contribution < 1.29 is 23.3 Å². The van der Waals surface area contributed by atoms with Crippen molar-refractivity contribution in [1.29, 1.82) is 0 Å². The largest absolute Gasteiger partial charge is 0.457 e. The molecule has 1 aliphatic rings. The van der Waals surface area contributed by atoms with Crippen molar-refractivity contribution in [1.82, 2.24) is 4.90 Å². The summed E-state index contributed by atoms with van der Waals surface area (Å²) in [7, 11) is 0. The maximum Gasteiger partial charge on any atom is 0.293 e. The van der Waals surface area contributed by atoms with E-state index >= 15 is 0 Å². The van der Waals surface area contributed by atoms with E-state index in [-0.39, 0.29) is 22.2 Å². The second kappa shape index (κ2) is 8.60. The van der Waals surface area contributed by atoms with Gasteiger partial charge in [0.25, 0.3) is 16.8 Å². The molecule has 0 aliphatic carbocycles. The smallest absolute Gasteiger partial charge is 0.293 e. The lowest BCUT2D eigenvalue weighted by Gasteiger charge is -2.13. The number of imide groups is 1. The van der Waals surface area contributed by atoms with Gasteiger partial charge in [0, 0.05) is 28.3 Å². The Morgan fingerprint density at radius 1 is 1.19 bits per heavy atom. The molecule has 2 heterocycles. The first kappa shape index (κ1) is 21.8. The zero-order valence-corrected chi connectivity index (χ0v) is 18.1. The van der Waals surface area contributed by atoms with E-state index in [9.17, 15) is 24.1 Å². The Hall–Kier alpha value is -3.43. The summed E-state index contributed by atoms with van der Waals surface area (Å²) in [6, 6.07) is 11.7. The van der Waals surface area contributed by atoms with Gasteiger partial charge < -0.3 is 4.42 Å². The highest BCUT2D eigenvalue weighted by molar-refractivity contribution is 8.18. The van der Waals surface area contributed by atoms with E-state index < -0.39 is 21.9 Å². The van der Waals surface area contributed by atoms with Gasteiger partial charge >= 0.3 is 0 Å². The Labute approximate surface area is 190 Å². The molecule has 0 spiro atoms. The second-order valence-corrected chi connectivity index (χ2v) is 8.36. The molecule has 0 atom stereocenters. The Balaban J connectivity index is 1.56. The van der Waals surface area contributed by atoms with Crippen LogP contribution in [0.1, 0.15) is 16.9 Å². The number of amides is 2. The number of halogens is 2. The first-order valence-electron chi connectivity index (χ1n) is 9.27. The molecule has 0 N–H and O–H groups in total. The first-order valence-corrected chi connectivity index (χ1v) is 10.5. The molecule has 32 heavy (non-hydrogen) atoms. The Kier molecular flexibility index (Phi) is 5.86. The summed E-state index contributed by atoms with van der Waals surface area (Å²) in [6.07, 6.45) is 1.43. The summed E-state index contributed by atoms with van der Waals surface area (Å²) >= 11 is 6.75. The van der Waals surface area contributed by atoms with Gasteiger partial charge in [-0.2, -0.15) is 0 Å². The van der Waals surface area contributed by atoms with Crippen LogP contribution in [0.2, 0.25) is 5.02 Å². The van der Waals surface area contributed by atoms with Crippen molar-refractivity contribution in [3.63, 3.8) is 0 Å². The molecule has 2 amide bonds. The number of hydrogen-bond donors (Lipinski definition) is 0. The fourth-order valence-corrected chi connectivity index (χ4v) is 4.18. The number of furan rings is 1. The van der Waals surface area contributed by atoms with Gasteiger partial charge in [-0.1, -0.05) is 29.8 Å². The van der Waals surface area contributed by atoms with Gasteiger partial charge in [0.1, 0.15) is 17.3 Å². The van der Waals surface area contributed by atoms with Crippen molar-refractivity contribution in [2.75, 3.05) is 0 Å². The molecule has 1 fully saturated rings. The average molecular weight is 473 g/mol. The van der Waals surface area contributed by atoms with E-state index in [4.69, 9.17) is 16.0 Å². The molecule has 4 rings (SSSR count). The van der Waals surface area contributed by atoms with Crippen LogP contribution < -0.4 is 0 Å². The van der Waals surface area contributed by atoms with Crippen LogP contribution in [0.15, 0.2) is 57.9 Å². The highest BCUT2D eigenvalue weighted by Gasteiger charge is 2.35. The molecule has 162 valence electrons. The van der Waals surface area contributed by atoms with Crippen molar-refractivity contribution in [2.45, 2.75) is 13.5 Å². The standard InChI is InChI=1S/C22H14ClFN2O5S/c1-12-2-3-13(8-18(12)26(29)30)19-7-6-16(31-19)10-20-21(27)25(22(28)32-20)11-14-4-5-15(24)9-17(14)23/h2-10H,11H2,1H3/b20-10-. The van der Waals surface area contributed by atoms with E-state index in [1.54, 1.807) is 31.2 Å². The summed E-state index contributed by atoms with van der Waals surface area (Å²) < 4.78 is 19.0. The topological polar surface area (TPSA) is 93.7 Å². The third-order valence-electron chi connectivity index (χ3n) is 4.81. The van der Waals surface area contributed by atoms with Crippen LogP contribution in [0.5, 0.6) is 0 Å². The van der Waals surface area contributed by atoms with Crippen molar-refractivity contribution >= 4 is 46.3 Å². The Morgan fingerprint density at radius 3 is 2.69 bits per heavy atom. The Bertz CT molecular complexity index is 1300. The number of nitrogens with zero attached hydrogens (tertiary/aromatic N) is 2. The summed E-state index contributed by atoms with van der Waals surface area (Å²) in [5, 5.41) is 10.8. The molecule has 1 aromatic heterocycles. The molecule has 1 saturated heterocycles. The average Bonchev–Trinajstić information content (AvgIpc) is 3.30. The number of nitro benzene ring substituents is 1. The van der Waals surface area contributed by atoms with Crippen LogP contribution >= 0.6 is 23.4 Å². The molecule has 3 aromatic rings. The number of benzene rings is 2. The quantitative estimate of drug-likeness (QED) is 0.249. The van der Waals surface area contributed by atoms with Gasteiger partial charge in [-0.05, 0) is 48.5 Å². The summed E-state index contributed by atoms with van der Waals surface area (Å²) in [5.41, 5.74) is 1.46. The van der Waals surface area contributed by atoms with Crippen LogP contribution in [0.25, 0.3) is 17.4 Å². The number of thioether (sulfide) groups is 1. The molecule has 0 unspecified atom stereocenters. The minimum Gasteiger partial charge on any atom is -0.457 e. The first-order chi connectivity index (χ1) is 15.2. The lowest BCUT2D eigenvalue weighted by molar-refractivity contribution is -0.385. The zero-order valence-electron chi connectivity index (χ0n) is 16.5. The number of rotatable bonds is 5. The molecular formula is C22H14ClFN2O5S. The predicted molar refractivity (Wildman–Crippen MR) is 118 cm³/mol. The summed E-state index contributed by atoms with van der Waals surface area (Å²) in [4.78, 5) is 36.9. The van der Waals surface area contributed by atoms with E-state index in [2.05, 4.69) is 0 Å². The lowest BCUT2D eigenvalue weighted by Crippen LogP contribution is -2.27. The van der Waals surface area contributed by atoms with E-state index in [0.717, 1.165) is 22.7 Å². The second-order valence-electron chi connectivity index (χ2n) is 6.96. The van der Waals surface area contributed by atoms with Gasteiger partial charge in [0.05, 0.1) is 16.4 Å². The number of aryl methyl sites for hydroxylation is 1.